The van der Waals surface area contributed by atoms with Crippen LogP contribution in [-0.2, 0) is 16.0 Å². The average Bonchev–Trinajstić information content (AvgIpc) is 4.08. The highest BCUT2D eigenvalue weighted by molar-refractivity contribution is 8.27. The maximum Gasteiger partial charge on any atom is 0.266 e. The molecule has 0 unspecified atom stereocenters. The number of thioether (sulfide) groups is 2. The summed E-state index contributed by atoms with van der Waals surface area (Å²) >= 11 is 28.2. The molecular formula is C45H28N2O2S12. The largest absolute Gasteiger partial charge is 0.293 e. The average molecular weight is 1010 g/mol. The van der Waals surface area contributed by atoms with Gasteiger partial charge < -0.3 is 0 Å². The van der Waals surface area contributed by atoms with E-state index in [1.807, 2.05) is 94.0 Å². The predicted octanol–water partition coefficient (Wildman–Crippen LogP) is 16.2. The number of carbonyl (C=O) groups is 2. The van der Waals surface area contributed by atoms with Crippen LogP contribution in [0.4, 0.5) is 0 Å². The molecule has 11 rings (SSSR count). The number of carbonyl (C=O) groups excluding carboxylic acids is 2. The second-order valence-electron chi connectivity index (χ2n) is 14.0. The Kier molecular flexibility index (Phi) is 11.0. The number of hydrogen-bond acceptors (Lipinski definition) is 14. The quantitative estimate of drug-likeness (QED) is 0.100. The van der Waals surface area contributed by atoms with Crippen molar-refractivity contribution < 1.29 is 9.59 Å². The van der Waals surface area contributed by atoms with E-state index in [9.17, 15) is 9.59 Å². The van der Waals surface area contributed by atoms with Crippen LogP contribution in [-0.4, -0.2) is 43.3 Å². The molecule has 1 aliphatic carbocycles. The minimum atomic E-state index is 0.00266. The molecule has 2 amide bonds. The summed E-state index contributed by atoms with van der Waals surface area (Å²) in [5.41, 5.74) is 2.88. The highest BCUT2D eigenvalue weighted by atomic mass is 32.2. The second-order valence-corrected chi connectivity index (χ2v) is 26.0. The lowest BCUT2D eigenvalue weighted by Crippen LogP contribution is -2.27. The third-order valence-electron chi connectivity index (χ3n) is 10.3. The van der Waals surface area contributed by atoms with Gasteiger partial charge in [0.05, 0.1) is 9.81 Å². The topological polar surface area (TPSA) is 40.6 Å². The molecule has 0 aromatic carbocycles. The highest BCUT2D eigenvalue weighted by Gasteiger charge is 2.32. The molecule has 2 fully saturated rings. The van der Waals surface area contributed by atoms with Crippen molar-refractivity contribution >= 4 is 171 Å². The van der Waals surface area contributed by atoms with Gasteiger partial charge in [-0.25, -0.2) is 0 Å². The predicted molar refractivity (Wildman–Crippen MR) is 281 cm³/mol. The maximum absolute atomic E-state index is 12.7. The Balaban J connectivity index is 0.764. The fourth-order valence-corrected chi connectivity index (χ4v) is 19.2. The van der Waals surface area contributed by atoms with Crippen LogP contribution in [0.1, 0.15) is 34.7 Å². The van der Waals surface area contributed by atoms with E-state index < -0.39 is 0 Å². The molecule has 302 valence electrons. The van der Waals surface area contributed by atoms with Crippen LogP contribution >= 0.6 is 139 Å². The molecule has 8 aromatic rings. The van der Waals surface area contributed by atoms with E-state index in [-0.39, 0.29) is 11.8 Å². The van der Waals surface area contributed by atoms with E-state index in [2.05, 4.69) is 84.9 Å². The fraction of sp³-hybridized carbons (Fsp3) is 0.111. The number of fused-ring (bicyclic) bond motifs is 3. The van der Waals surface area contributed by atoms with Crippen LogP contribution in [0.3, 0.4) is 0 Å². The lowest BCUT2D eigenvalue weighted by Gasteiger charge is -2.09. The molecule has 0 radical (unpaired) electrons. The lowest BCUT2D eigenvalue weighted by atomic mass is 10.2. The van der Waals surface area contributed by atoms with Gasteiger partial charge in [-0.15, -0.1) is 90.7 Å². The zero-order valence-corrected chi connectivity index (χ0v) is 41.8. The summed E-state index contributed by atoms with van der Waals surface area (Å²) in [6, 6.07) is 31.3. The molecule has 3 aliphatic rings. The molecule has 0 N–H and O–H groups in total. The first-order valence-electron chi connectivity index (χ1n) is 19.1. The van der Waals surface area contributed by atoms with Crippen molar-refractivity contribution in [1.82, 2.24) is 9.80 Å². The van der Waals surface area contributed by atoms with Crippen molar-refractivity contribution in [2.45, 2.75) is 20.3 Å². The number of thiocarbonyl (C=S) groups is 2. The highest BCUT2D eigenvalue weighted by Crippen LogP contribution is 2.53. The van der Waals surface area contributed by atoms with Crippen LogP contribution in [0.15, 0.2) is 94.7 Å². The zero-order valence-electron chi connectivity index (χ0n) is 32.0. The third kappa shape index (κ3) is 7.53. The minimum absolute atomic E-state index is 0.00266. The Hall–Kier alpha value is -3.10. The van der Waals surface area contributed by atoms with Gasteiger partial charge in [-0.2, -0.15) is 0 Å². The Bertz CT molecular complexity index is 2950. The molecule has 0 saturated carbocycles. The first-order valence-corrected chi connectivity index (χ1v) is 28.1. The standard InChI is InChI=1S/C45H28N2O2S12/c1-3-46-42(48)38(60-44(46)50)20-24-5-7-26(52-24)28-9-11-30(54-28)32-13-15-34(56-32)36-18-22-17-23-19-37(59-41(23)40(22)58-36)35-16-14-33(57-35)31-12-10-29(55-31)27-8-6-25(53-27)21-39-43(49)47(4-2)45(51)61-39/h5-16,18-21H,3-4,17H2,1-2H3/b38-20-,39-21-. The third-order valence-corrected chi connectivity index (χ3v) is 23.1. The minimum Gasteiger partial charge on any atom is -0.293 e. The van der Waals surface area contributed by atoms with E-state index in [0.717, 1.165) is 16.2 Å². The lowest BCUT2D eigenvalue weighted by molar-refractivity contribution is -0.122. The van der Waals surface area contributed by atoms with Crippen molar-refractivity contribution in [3.8, 4) is 68.3 Å². The molecule has 0 atom stereocenters. The van der Waals surface area contributed by atoms with Crippen molar-refractivity contribution in [1.29, 1.82) is 0 Å². The molecule has 10 heterocycles. The fourth-order valence-electron chi connectivity index (χ4n) is 7.29. The second kappa shape index (κ2) is 16.5. The first kappa shape index (κ1) is 40.7. The monoisotopic (exact) mass is 1010 g/mol. The first-order chi connectivity index (χ1) is 29.7. The number of nitrogens with zero attached hydrogens (tertiary/aromatic N) is 2. The molecule has 8 aromatic heterocycles. The van der Waals surface area contributed by atoms with Gasteiger partial charge >= 0.3 is 0 Å². The molecular weight excluding hydrogens is 985 g/mol. The Morgan fingerprint density at radius 2 is 0.770 bits per heavy atom. The number of likely N-dealkylation sites (N-methyl/N-ethyl adjacent to an activating group) is 2. The van der Waals surface area contributed by atoms with E-state index in [1.54, 1.807) is 32.5 Å². The van der Waals surface area contributed by atoms with Gasteiger partial charge in [-0.05, 0) is 122 Å². The molecule has 2 saturated heterocycles. The van der Waals surface area contributed by atoms with Crippen LogP contribution in [0, 0.1) is 0 Å². The molecule has 16 heteroatoms. The Morgan fingerprint density at radius 3 is 1.10 bits per heavy atom. The van der Waals surface area contributed by atoms with E-state index >= 15 is 0 Å². The van der Waals surface area contributed by atoms with Crippen LogP contribution < -0.4 is 0 Å². The molecule has 4 nitrogen and oxygen atoms in total. The molecule has 61 heavy (non-hydrogen) atoms. The molecule has 2 aliphatic heterocycles. The normalized spacial score (nSPS) is 16.4. The van der Waals surface area contributed by atoms with Gasteiger partial charge in [0, 0.05) is 97.5 Å². The van der Waals surface area contributed by atoms with Crippen molar-refractivity contribution in [3.05, 3.63) is 116 Å². The number of amides is 2. The Labute approximate surface area is 403 Å². The number of thiophene rings is 8. The van der Waals surface area contributed by atoms with Crippen LogP contribution in [0.2, 0.25) is 0 Å². The van der Waals surface area contributed by atoms with Gasteiger partial charge in [0.1, 0.15) is 8.64 Å². The van der Waals surface area contributed by atoms with E-state index in [4.69, 9.17) is 24.4 Å². The summed E-state index contributed by atoms with van der Waals surface area (Å²) in [5.74, 6) is 0.00532. The number of hydrogen-bond donors (Lipinski definition) is 0. The smallest absolute Gasteiger partial charge is 0.266 e. The summed E-state index contributed by atoms with van der Waals surface area (Å²) in [5, 5.41) is 0. The summed E-state index contributed by atoms with van der Waals surface area (Å²) in [6.07, 6.45) is 4.94. The van der Waals surface area contributed by atoms with Gasteiger partial charge in [0.25, 0.3) is 11.8 Å². The maximum atomic E-state index is 12.7. The van der Waals surface area contributed by atoms with Crippen molar-refractivity contribution in [3.63, 3.8) is 0 Å². The summed E-state index contributed by atoms with van der Waals surface area (Å²) in [7, 11) is 0. The molecule has 0 spiro atoms. The summed E-state index contributed by atoms with van der Waals surface area (Å²) in [4.78, 5) is 50.4. The van der Waals surface area contributed by atoms with Gasteiger partial charge in [0.2, 0.25) is 0 Å². The van der Waals surface area contributed by atoms with Crippen LogP contribution in [0.5, 0.6) is 0 Å². The van der Waals surface area contributed by atoms with Gasteiger partial charge in [0.15, 0.2) is 0 Å². The summed E-state index contributed by atoms with van der Waals surface area (Å²) in [6.45, 7) is 5.10. The number of rotatable bonds is 10. The van der Waals surface area contributed by atoms with Gasteiger partial charge in [-0.3, -0.25) is 19.4 Å². The van der Waals surface area contributed by atoms with Crippen LogP contribution in [0.25, 0.3) is 80.4 Å². The van der Waals surface area contributed by atoms with Crippen molar-refractivity contribution in [2.24, 2.45) is 0 Å². The van der Waals surface area contributed by atoms with E-state index in [0.29, 0.717) is 31.5 Å². The summed E-state index contributed by atoms with van der Waals surface area (Å²) < 4.78 is 1.27. The zero-order chi connectivity index (χ0) is 41.5. The van der Waals surface area contributed by atoms with Gasteiger partial charge in [-0.1, -0.05) is 48.0 Å². The van der Waals surface area contributed by atoms with Crippen molar-refractivity contribution in [2.75, 3.05) is 13.1 Å². The van der Waals surface area contributed by atoms with E-state index in [1.165, 1.54) is 103 Å². The SMILES string of the molecule is CCN1C(=O)/C(=C/c2ccc(-c3ccc(-c4ccc(-c5cc6c(s5)-c5sc(-c7ccc(-c8ccc(-c9ccc(/C=C%10\SC(=S)N(CC)C%10=O)s9)s8)s7)cc5C6)s4)s3)s2)SC1=S. The molecule has 0 bridgehead atoms. The Morgan fingerprint density at radius 1 is 0.459 bits per heavy atom.